The number of anilines is 4. The highest BCUT2D eigenvalue weighted by atomic mass is 16.5. The average molecular weight is 415 g/mol. The molecule has 1 fully saturated rings. The van der Waals surface area contributed by atoms with Crippen molar-refractivity contribution in [3.8, 4) is 0 Å². The first kappa shape index (κ1) is 20.1. The maximum Gasteiger partial charge on any atom is 0.0894 e. The second-order valence-electron chi connectivity index (χ2n) is 8.49. The topological polar surface area (TPSA) is 44.7 Å². The summed E-state index contributed by atoms with van der Waals surface area (Å²) in [6.45, 7) is 1.09. The molecule has 0 radical (unpaired) electrons. The van der Waals surface area contributed by atoms with E-state index in [1.54, 1.807) is 0 Å². The third-order valence-electron chi connectivity index (χ3n) is 6.55. The van der Waals surface area contributed by atoms with E-state index in [4.69, 9.17) is 9.84 Å². The monoisotopic (exact) mass is 414 g/mol. The number of benzene rings is 3. The largest absolute Gasteiger partial charge is 0.396 e. The first-order chi connectivity index (χ1) is 15.3. The predicted molar refractivity (Wildman–Crippen MR) is 126 cm³/mol. The number of fused-ring (bicyclic) bond motifs is 3. The molecule has 0 aliphatic carbocycles. The van der Waals surface area contributed by atoms with E-state index in [0.717, 1.165) is 49.4 Å². The molecule has 0 aromatic heterocycles. The molecular weight excluding hydrogens is 384 g/mol. The van der Waals surface area contributed by atoms with Gasteiger partial charge in [-0.05, 0) is 68.1 Å². The zero-order valence-electron chi connectivity index (χ0n) is 17.8. The fraction of sp³-hybridized carbons (Fsp3) is 0.333. The number of aliphatic hydroxyl groups is 1. The fourth-order valence-corrected chi connectivity index (χ4v) is 5.07. The molecule has 0 amide bonds. The lowest BCUT2D eigenvalue weighted by Crippen LogP contribution is -2.36. The van der Waals surface area contributed by atoms with Crippen LogP contribution in [0.1, 0.15) is 37.4 Å². The highest BCUT2D eigenvalue weighted by Crippen LogP contribution is 2.47. The minimum absolute atomic E-state index is 0.142. The number of nitrogens with zero attached hydrogens (tertiary/aromatic N) is 1. The van der Waals surface area contributed by atoms with Gasteiger partial charge in [-0.15, -0.1) is 0 Å². The van der Waals surface area contributed by atoms with E-state index >= 15 is 0 Å². The summed E-state index contributed by atoms with van der Waals surface area (Å²) in [4.78, 5) is 2.30. The van der Waals surface area contributed by atoms with E-state index in [1.807, 2.05) is 0 Å². The van der Waals surface area contributed by atoms with E-state index in [1.165, 1.54) is 11.3 Å². The summed E-state index contributed by atoms with van der Waals surface area (Å²) in [5.74, 6) is 0.489. The van der Waals surface area contributed by atoms with Crippen molar-refractivity contribution in [2.75, 3.05) is 23.4 Å². The van der Waals surface area contributed by atoms with Crippen LogP contribution in [0, 0.1) is 5.92 Å². The predicted octanol–water partition coefficient (Wildman–Crippen LogP) is 6.19. The van der Waals surface area contributed by atoms with Crippen molar-refractivity contribution in [3.05, 3.63) is 84.4 Å². The van der Waals surface area contributed by atoms with Gasteiger partial charge in [-0.25, -0.2) is 0 Å². The van der Waals surface area contributed by atoms with Crippen LogP contribution in [0.15, 0.2) is 78.9 Å². The summed E-state index contributed by atoms with van der Waals surface area (Å²) in [6, 6.07) is 28.2. The van der Waals surface area contributed by atoms with Crippen LogP contribution in [0.4, 0.5) is 22.7 Å². The van der Waals surface area contributed by atoms with Crippen molar-refractivity contribution in [3.63, 3.8) is 0 Å². The molecule has 160 valence electrons. The lowest BCUT2D eigenvalue weighted by Gasteiger charge is -2.37. The molecule has 4 heteroatoms. The van der Waals surface area contributed by atoms with Crippen LogP contribution >= 0.6 is 0 Å². The third-order valence-corrected chi connectivity index (χ3v) is 6.55. The van der Waals surface area contributed by atoms with Crippen molar-refractivity contribution in [1.29, 1.82) is 0 Å². The van der Waals surface area contributed by atoms with Gasteiger partial charge in [-0.2, -0.15) is 0 Å². The highest BCUT2D eigenvalue weighted by molar-refractivity contribution is 5.78. The van der Waals surface area contributed by atoms with Gasteiger partial charge in [0, 0.05) is 53.5 Å². The smallest absolute Gasteiger partial charge is 0.0894 e. The van der Waals surface area contributed by atoms with Gasteiger partial charge in [0.2, 0.25) is 0 Å². The third kappa shape index (κ3) is 4.06. The number of aliphatic hydroxyl groups excluding tert-OH is 1. The maximum atomic E-state index is 9.16. The first-order valence-corrected chi connectivity index (χ1v) is 11.4. The molecule has 0 bridgehead atoms. The Bertz CT molecular complexity index is 953. The minimum atomic E-state index is 0.142. The van der Waals surface area contributed by atoms with Crippen molar-refractivity contribution >= 4 is 22.7 Å². The standard InChI is InChI=1S/C27H30N2O2/c30-17-8-7-13-25-23-16-18-31-27(23)24-19-22(14-15-26(24)28-25)29(20-9-3-1-4-10-20)21-11-5-2-6-12-21/h1-6,9-12,14-15,19,23,25,27-28,30H,7-8,13,16-18H2. The molecule has 3 aromatic carbocycles. The van der Waals surface area contributed by atoms with E-state index in [0.29, 0.717) is 12.0 Å². The van der Waals surface area contributed by atoms with Crippen LogP contribution < -0.4 is 10.2 Å². The van der Waals surface area contributed by atoms with Gasteiger partial charge in [0.15, 0.2) is 0 Å². The van der Waals surface area contributed by atoms with E-state index in [9.17, 15) is 0 Å². The molecule has 3 atom stereocenters. The van der Waals surface area contributed by atoms with Crippen LogP contribution in [-0.2, 0) is 4.74 Å². The molecule has 2 aliphatic rings. The van der Waals surface area contributed by atoms with Crippen molar-refractivity contribution in [2.45, 2.75) is 37.8 Å². The number of nitrogens with one attached hydrogen (secondary N) is 1. The molecule has 2 aliphatic heterocycles. The Morgan fingerprint density at radius 3 is 2.26 bits per heavy atom. The second kappa shape index (κ2) is 9.13. The Balaban J connectivity index is 1.51. The number of hydrogen-bond acceptors (Lipinski definition) is 4. The van der Waals surface area contributed by atoms with E-state index in [2.05, 4.69) is 89.1 Å². The Kier molecular flexibility index (Phi) is 5.92. The van der Waals surface area contributed by atoms with E-state index in [-0.39, 0.29) is 12.7 Å². The van der Waals surface area contributed by atoms with Crippen LogP contribution in [0.5, 0.6) is 0 Å². The Morgan fingerprint density at radius 1 is 0.871 bits per heavy atom. The SMILES string of the molecule is OCCCCC1Nc2ccc(N(c3ccccc3)c3ccccc3)cc2C2OCCC12. The minimum Gasteiger partial charge on any atom is -0.396 e. The first-order valence-electron chi connectivity index (χ1n) is 11.4. The van der Waals surface area contributed by atoms with Gasteiger partial charge in [0.1, 0.15) is 0 Å². The summed E-state index contributed by atoms with van der Waals surface area (Å²) in [6.07, 6.45) is 4.22. The summed E-state index contributed by atoms with van der Waals surface area (Å²) in [5, 5.41) is 13.0. The van der Waals surface area contributed by atoms with Crippen LogP contribution in [-0.4, -0.2) is 24.4 Å². The normalized spacial score (nSPS) is 21.8. The lowest BCUT2D eigenvalue weighted by molar-refractivity contribution is 0.0818. The number of rotatable bonds is 7. The zero-order valence-corrected chi connectivity index (χ0v) is 17.8. The van der Waals surface area contributed by atoms with Gasteiger partial charge in [-0.1, -0.05) is 36.4 Å². The van der Waals surface area contributed by atoms with Gasteiger partial charge in [-0.3, -0.25) is 0 Å². The quantitative estimate of drug-likeness (QED) is 0.453. The molecule has 1 saturated heterocycles. The number of hydrogen-bond donors (Lipinski definition) is 2. The lowest BCUT2D eigenvalue weighted by atomic mass is 9.82. The van der Waals surface area contributed by atoms with Crippen LogP contribution in [0.2, 0.25) is 0 Å². The van der Waals surface area contributed by atoms with Gasteiger partial charge < -0.3 is 20.1 Å². The second-order valence-corrected chi connectivity index (χ2v) is 8.49. The Hall–Kier alpha value is -2.82. The maximum absolute atomic E-state index is 9.16. The molecule has 0 spiro atoms. The van der Waals surface area contributed by atoms with Crippen LogP contribution in [0.25, 0.3) is 0 Å². The Morgan fingerprint density at radius 2 is 1.58 bits per heavy atom. The van der Waals surface area contributed by atoms with Gasteiger partial charge >= 0.3 is 0 Å². The van der Waals surface area contributed by atoms with Gasteiger partial charge in [0.25, 0.3) is 0 Å². The molecule has 2 heterocycles. The van der Waals surface area contributed by atoms with Crippen LogP contribution in [0.3, 0.4) is 0 Å². The van der Waals surface area contributed by atoms with Gasteiger partial charge in [0.05, 0.1) is 6.10 Å². The molecule has 3 unspecified atom stereocenters. The number of unbranched alkanes of at least 4 members (excludes halogenated alkanes) is 1. The molecule has 31 heavy (non-hydrogen) atoms. The summed E-state index contributed by atoms with van der Waals surface area (Å²) in [5.41, 5.74) is 5.87. The molecule has 2 N–H and O–H groups in total. The molecule has 4 nitrogen and oxygen atoms in total. The van der Waals surface area contributed by atoms with Crippen molar-refractivity contribution in [2.24, 2.45) is 5.92 Å². The van der Waals surface area contributed by atoms with Crippen molar-refractivity contribution < 1.29 is 9.84 Å². The zero-order chi connectivity index (χ0) is 21.0. The molecule has 5 rings (SSSR count). The molecular formula is C27H30N2O2. The fourth-order valence-electron chi connectivity index (χ4n) is 5.07. The van der Waals surface area contributed by atoms with Crippen molar-refractivity contribution in [1.82, 2.24) is 0 Å². The molecule has 0 saturated carbocycles. The summed E-state index contributed by atoms with van der Waals surface area (Å²) < 4.78 is 6.26. The molecule has 3 aromatic rings. The number of ether oxygens (including phenoxy) is 1. The number of para-hydroxylation sites is 2. The Labute approximate surface area is 184 Å². The summed E-state index contributed by atoms with van der Waals surface area (Å²) >= 11 is 0. The highest BCUT2D eigenvalue weighted by Gasteiger charge is 2.40. The average Bonchev–Trinajstić information content (AvgIpc) is 3.32. The summed E-state index contributed by atoms with van der Waals surface area (Å²) in [7, 11) is 0. The van der Waals surface area contributed by atoms with E-state index < -0.39 is 0 Å².